The first-order valence-corrected chi connectivity index (χ1v) is 12.7. The van der Waals surface area contributed by atoms with Crippen LogP contribution in [0.2, 0.25) is 0 Å². The van der Waals surface area contributed by atoms with Crippen molar-refractivity contribution in [2.75, 3.05) is 0 Å². The number of aromatic hydroxyl groups is 2. The molecule has 15 nitrogen and oxygen atoms in total. The summed E-state index contributed by atoms with van der Waals surface area (Å²) in [4.78, 5) is 73.1. The number of phenols is 2. The van der Waals surface area contributed by atoms with E-state index in [1.165, 1.54) is 36.4 Å². The lowest BCUT2D eigenvalue weighted by Crippen LogP contribution is -2.58. The standard InChI is InChI=1S/C27H33N5O10/c28-18(11-14-1-5-16(33)6-2-14)24(38)31-20(12-15-3-7-17(34)8-4-15)25(39)32-21(13-22(29)35)26(40)30-19(27(41)42)9-10-23(36)37/h1-8,18-21,33-34H,9-13,28H2,(H2,29,35)(H,30,40)(H,31,38)(H,32,39)(H,36,37)(H,41,42). The van der Waals surface area contributed by atoms with E-state index in [9.17, 15) is 44.1 Å². The maximum Gasteiger partial charge on any atom is 0.326 e. The quantitative estimate of drug-likeness (QED) is 0.109. The molecule has 11 N–H and O–H groups in total. The lowest BCUT2D eigenvalue weighted by Gasteiger charge is -2.25. The summed E-state index contributed by atoms with van der Waals surface area (Å²) in [6, 6.07) is 5.90. The molecule has 0 spiro atoms. The first kappa shape index (κ1) is 33.0. The van der Waals surface area contributed by atoms with Gasteiger partial charge in [-0.25, -0.2) is 4.79 Å². The predicted octanol–water partition coefficient (Wildman–Crippen LogP) is -1.51. The smallest absolute Gasteiger partial charge is 0.326 e. The second-order valence-corrected chi connectivity index (χ2v) is 9.47. The van der Waals surface area contributed by atoms with E-state index in [1.54, 1.807) is 12.1 Å². The van der Waals surface area contributed by atoms with Gasteiger partial charge in [-0.05, 0) is 48.2 Å². The Morgan fingerprint density at radius 2 is 1.12 bits per heavy atom. The normalized spacial score (nSPS) is 13.5. The SMILES string of the molecule is NC(=O)CC(NC(=O)C(Cc1ccc(O)cc1)NC(=O)C(N)Cc1ccc(O)cc1)C(=O)NC(CCC(=O)O)C(=O)O. The molecule has 2 aromatic carbocycles. The molecule has 2 rings (SSSR count). The number of nitrogens with one attached hydrogen (secondary N) is 3. The number of carbonyl (C=O) groups is 6. The number of rotatable bonds is 16. The predicted molar refractivity (Wildman–Crippen MR) is 146 cm³/mol. The van der Waals surface area contributed by atoms with E-state index in [0.29, 0.717) is 11.1 Å². The van der Waals surface area contributed by atoms with Crippen molar-refractivity contribution in [2.45, 2.75) is 56.3 Å². The van der Waals surface area contributed by atoms with E-state index in [1.807, 2.05) is 0 Å². The van der Waals surface area contributed by atoms with Gasteiger partial charge < -0.3 is 47.8 Å². The van der Waals surface area contributed by atoms with Crippen molar-refractivity contribution in [3.8, 4) is 11.5 Å². The molecule has 0 saturated carbocycles. The van der Waals surface area contributed by atoms with Crippen LogP contribution in [0.1, 0.15) is 30.4 Å². The van der Waals surface area contributed by atoms with Crippen LogP contribution >= 0.6 is 0 Å². The molecule has 15 heteroatoms. The second-order valence-electron chi connectivity index (χ2n) is 9.47. The number of aliphatic carboxylic acids is 2. The van der Waals surface area contributed by atoms with Gasteiger partial charge in [0, 0.05) is 12.8 Å². The van der Waals surface area contributed by atoms with Gasteiger partial charge in [-0.1, -0.05) is 24.3 Å². The number of carboxylic acids is 2. The van der Waals surface area contributed by atoms with Crippen molar-refractivity contribution in [3.05, 3.63) is 59.7 Å². The summed E-state index contributed by atoms with van der Waals surface area (Å²) in [5.74, 6) is -6.66. The second kappa shape index (κ2) is 15.6. The highest BCUT2D eigenvalue weighted by molar-refractivity contribution is 5.96. The van der Waals surface area contributed by atoms with Crippen molar-refractivity contribution in [1.29, 1.82) is 0 Å². The van der Waals surface area contributed by atoms with Crippen LogP contribution in [0, 0.1) is 0 Å². The van der Waals surface area contributed by atoms with Gasteiger partial charge in [0.1, 0.15) is 29.6 Å². The van der Waals surface area contributed by atoms with Crippen LogP contribution in [0.4, 0.5) is 0 Å². The first-order valence-electron chi connectivity index (χ1n) is 12.7. The molecule has 2 aromatic rings. The maximum absolute atomic E-state index is 13.3. The highest BCUT2D eigenvalue weighted by Crippen LogP contribution is 2.13. The van der Waals surface area contributed by atoms with Gasteiger partial charge in [-0.3, -0.25) is 24.0 Å². The van der Waals surface area contributed by atoms with E-state index in [2.05, 4.69) is 16.0 Å². The zero-order valence-electron chi connectivity index (χ0n) is 22.4. The molecule has 4 unspecified atom stereocenters. The Hall–Kier alpha value is -5.18. The van der Waals surface area contributed by atoms with Crippen LogP contribution in [-0.4, -0.2) is 80.2 Å². The number of hydrogen-bond donors (Lipinski definition) is 9. The molecule has 4 amide bonds. The fourth-order valence-corrected chi connectivity index (χ4v) is 3.81. The van der Waals surface area contributed by atoms with Crippen LogP contribution in [0.15, 0.2) is 48.5 Å². The number of primary amides is 1. The van der Waals surface area contributed by atoms with Crippen LogP contribution in [0.3, 0.4) is 0 Å². The van der Waals surface area contributed by atoms with Crippen molar-refractivity contribution in [2.24, 2.45) is 11.5 Å². The van der Waals surface area contributed by atoms with Crippen molar-refractivity contribution in [1.82, 2.24) is 16.0 Å². The Morgan fingerprint density at radius 3 is 1.60 bits per heavy atom. The number of amides is 4. The van der Waals surface area contributed by atoms with E-state index in [-0.39, 0.29) is 24.3 Å². The summed E-state index contributed by atoms with van der Waals surface area (Å²) in [5.41, 5.74) is 12.4. The fraction of sp³-hybridized carbons (Fsp3) is 0.333. The summed E-state index contributed by atoms with van der Waals surface area (Å²) in [7, 11) is 0. The molecule has 0 radical (unpaired) electrons. The van der Waals surface area contributed by atoms with Gasteiger partial charge in [-0.2, -0.15) is 0 Å². The fourth-order valence-electron chi connectivity index (χ4n) is 3.81. The summed E-state index contributed by atoms with van der Waals surface area (Å²) >= 11 is 0. The average molecular weight is 588 g/mol. The van der Waals surface area contributed by atoms with Gasteiger partial charge in [-0.15, -0.1) is 0 Å². The Kier molecular flexibility index (Phi) is 12.2. The third-order valence-electron chi connectivity index (χ3n) is 6.04. The summed E-state index contributed by atoms with van der Waals surface area (Å²) in [6.45, 7) is 0. The number of carboxylic acid groups (broad SMARTS) is 2. The molecule has 0 aliphatic carbocycles. The molecule has 0 aromatic heterocycles. The Morgan fingerprint density at radius 1 is 0.667 bits per heavy atom. The van der Waals surface area contributed by atoms with E-state index in [4.69, 9.17) is 16.6 Å². The first-order chi connectivity index (χ1) is 19.7. The zero-order chi connectivity index (χ0) is 31.4. The van der Waals surface area contributed by atoms with Crippen molar-refractivity contribution < 1.29 is 49.2 Å². The number of carbonyl (C=O) groups excluding carboxylic acids is 4. The van der Waals surface area contributed by atoms with E-state index in [0.717, 1.165) is 0 Å². The van der Waals surface area contributed by atoms with E-state index < -0.39 is 79.0 Å². The van der Waals surface area contributed by atoms with Crippen LogP contribution in [0.5, 0.6) is 11.5 Å². The molecule has 4 atom stereocenters. The maximum atomic E-state index is 13.3. The number of phenolic OH excluding ortho intramolecular Hbond substituents is 2. The largest absolute Gasteiger partial charge is 0.508 e. The Labute approximate surface area is 239 Å². The van der Waals surface area contributed by atoms with Crippen LogP contribution in [-0.2, 0) is 41.6 Å². The minimum atomic E-state index is -1.66. The average Bonchev–Trinajstić information content (AvgIpc) is 2.91. The number of hydrogen-bond acceptors (Lipinski definition) is 9. The zero-order valence-corrected chi connectivity index (χ0v) is 22.4. The van der Waals surface area contributed by atoms with Crippen molar-refractivity contribution >= 4 is 35.6 Å². The molecular weight excluding hydrogens is 554 g/mol. The molecular formula is C27H33N5O10. The molecule has 0 saturated heterocycles. The number of nitrogens with two attached hydrogens (primary N) is 2. The number of benzene rings is 2. The van der Waals surface area contributed by atoms with Gasteiger partial charge in [0.15, 0.2) is 0 Å². The minimum absolute atomic E-state index is 0.0218. The van der Waals surface area contributed by atoms with Crippen molar-refractivity contribution in [3.63, 3.8) is 0 Å². The topological polar surface area (TPSA) is 271 Å². The molecule has 0 aliphatic rings. The summed E-state index contributed by atoms with van der Waals surface area (Å²) < 4.78 is 0. The van der Waals surface area contributed by atoms with E-state index >= 15 is 0 Å². The molecule has 226 valence electrons. The lowest BCUT2D eigenvalue weighted by atomic mass is 10.0. The van der Waals surface area contributed by atoms with Crippen LogP contribution < -0.4 is 27.4 Å². The van der Waals surface area contributed by atoms with Gasteiger partial charge in [0.2, 0.25) is 23.6 Å². The molecule has 0 fully saturated rings. The van der Waals surface area contributed by atoms with Gasteiger partial charge in [0.25, 0.3) is 0 Å². The van der Waals surface area contributed by atoms with Gasteiger partial charge in [0.05, 0.1) is 12.5 Å². The summed E-state index contributed by atoms with van der Waals surface area (Å²) in [5, 5.41) is 44.1. The molecule has 0 heterocycles. The molecule has 0 bridgehead atoms. The Balaban J connectivity index is 2.24. The minimum Gasteiger partial charge on any atom is -0.508 e. The van der Waals surface area contributed by atoms with Crippen LogP contribution in [0.25, 0.3) is 0 Å². The van der Waals surface area contributed by atoms with Gasteiger partial charge >= 0.3 is 11.9 Å². The molecule has 0 aliphatic heterocycles. The third kappa shape index (κ3) is 11.1. The Bertz CT molecular complexity index is 1280. The monoisotopic (exact) mass is 587 g/mol. The highest BCUT2D eigenvalue weighted by Gasteiger charge is 2.31. The molecule has 42 heavy (non-hydrogen) atoms. The highest BCUT2D eigenvalue weighted by atomic mass is 16.4. The third-order valence-corrected chi connectivity index (χ3v) is 6.04. The summed E-state index contributed by atoms with van der Waals surface area (Å²) in [6.07, 6.45) is -1.85. The lowest BCUT2D eigenvalue weighted by molar-refractivity contribution is -0.143.